The van der Waals surface area contributed by atoms with Gasteiger partial charge in [0.2, 0.25) is 0 Å². The zero-order valence-corrected chi connectivity index (χ0v) is 41.5. The lowest BCUT2D eigenvalue weighted by Gasteiger charge is -2.41. The quantitative estimate of drug-likeness (QED) is 0.0349. The monoisotopic (exact) mass is 895 g/mol. The van der Waals surface area contributed by atoms with Crippen LogP contribution in [-0.2, 0) is 33.3 Å². The van der Waals surface area contributed by atoms with Crippen molar-refractivity contribution >= 4 is 17.9 Å². The molecule has 5 atom stereocenters. The van der Waals surface area contributed by atoms with Gasteiger partial charge in [-0.15, -0.1) is 0 Å². The number of carbonyl (C=O) groups is 3. The van der Waals surface area contributed by atoms with E-state index in [1.807, 2.05) is 0 Å². The van der Waals surface area contributed by atoms with Crippen LogP contribution in [0.1, 0.15) is 290 Å². The van der Waals surface area contributed by atoms with Gasteiger partial charge in [-0.05, 0) is 19.3 Å². The summed E-state index contributed by atoms with van der Waals surface area (Å²) in [5.74, 6) is -1.45. The number of ether oxygens (including phenoxy) is 4. The molecule has 1 aliphatic rings. The molecule has 0 aromatic carbocycles. The van der Waals surface area contributed by atoms with Crippen LogP contribution in [0, 0.1) is 0 Å². The van der Waals surface area contributed by atoms with Gasteiger partial charge < -0.3 is 29.2 Å². The number of esters is 3. The van der Waals surface area contributed by atoms with E-state index < -0.39 is 48.6 Å². The number of unbranched alkanes of at least 4 members (excludes halogenated alkanes) is 36. The lowest BCUT2D eigenvalue weighted by atomic mass is 9.98. The van der Waals surface area contributed by atoms with E-state index in [-0.39, 0.29) is 25.9 Å². The smallest absolute Gasteiger partial charge is 0.306 e. The van der Waals surface area contributed by atoms with Crippen LogP contribution in [0.5, 0.6) is 0 Å². The second-order valence-corrected chi connectivity index (χ2v) is 19.1. The molecule has 0 aromatic heterocycles. The van der Waals surface area contributed by atoms with Crippen LogP contribution in [0.2, 0.25) is 0 Å². The molecule has 5 unspecified atom stereocenters. The van der Waals surface area contributed by atoms with E-state index in [1.54, 1.807) is 0 Å². The highest BCUT2D eigenvalue weighted by atomic mass is 16.7. The van der Waals surface area contributed by atoms with Gasteiger partial charge in [0.15, 0.2) is 18.5 Å². The summed E-state index contributed by atoms with van der Waals surface area (Å²) in [7, 11) is 0. The summed E-state index contributed by atoms with van der Waals surface area (Å²) in [5.41, 5.74) is 0. The van der Waals surface area contributed by atoms with Crippen molar-refractivity contribution in [2.75, 3.05) is 6.61 Å². The molecule has 1 fully saturated rings. The Hall–Kier alpha value is -1.71. The summed E-state index contributed by atoms with van der Waals surface area (Å²) < 4.78 is 22.6. The van der Waals surface area contributed by atoms with Gasteiger partial charge in [0.1, 0.15) is 18.8 Å². The molecule has 1 rings (SSSR count). The predicted molar refractivity (Wildman–Crippen MR) is 259 cm³/mol. The number of aliphatic hydroxyl groups is 2. The first kappa shape index (κ1) is 59.3. The zero-order valence-electron chi connectivity index (χ0n) is 41.5. The van der Waals surface area contributed by atoms with E-state index in [9.17, 15) is 24.6 Å². The Morgan fingerprint density at radius 3 is 0.921 bits per heavy atom. The van der Waals surface area contributed by atoms with Crippen LogP contribution in [0.25, 0.3) is 0 Å². The molecular formula is C54H102O9. The summed E-state index contributed by atoms with van der Waals surface area (Å²) in [6, 6.07) is 0. The molecule has 1 heterocycles. The summed E-state index contributed by atoms with van der Waals surface area (Å²) in [6.45, 7) is 6.45. The summed E-state index contributed by atoms with van der Waals surface area (Å²) >= 11 is 0. The third-order valence-electron chi connectivity index (χ3n) is 13.0. The number of hydrogen-bond donors (Lipinski definition) is 2. The Bertz CT molecular complexity index is 1040. The van der Waals surface area contributed by atoms with Crippen molar-refractivity contribution in [1.82, 2.24) is 0 Å². The van der Waals surface area contributed by atoms with Gasteiger partial charge in [-0.3, -0.25) is 14.4 Å². The van der Waals surface area contributed by atoms with Gasteiger partial charge in [-0.25, -0.2) is 0 Å². The zero-order chi connectivity index (χ0) is 45.9. The number of rotatable bonds is 46. The Balaban J connectivity index is 2.50. The van der Waals surface area contributed by atoms with Gasteiger partial charge in [-0.1, -0.05) is 252 Å². The highest BCUT2D eigenvalue weighted by molar-refractivity contribution is 5.71. The molecule has 1 aliphatic heterocycles. The van der Waals surface area contributed by atoms with E-state index in [0.29, 0.717) is 12.8 Å². The average molecular weight is 895 g/mol. The maximum atomic E-state index is 13.1. The molecule has 0 amide bonds. The van der Waals surface area contributed by atoms with Gasteiger partial charge in [0.25, 0.3) is 0 Å². The molecule has 1 saturated heterocycles. The van der Waals surface area contributed by atoms with E-state index in [2.05, 4.69) is 20.8 Å². The second-order valence-electron chi connectivity index (χ2n) is 19.1. The first-order valence-corrected chi connectivity index (χ1v) is 27.4. The fourth-order valence-electron chi connectivity index (χ4n) is 8.84. The Kier molecular flexibility index (Phi) is 41.6. The first-order chi connectivity index (χ1) is 30.8. The van der Waals surface area contributed by atoms with Crippen molar-refractivity contribution in [3.63, 3.8) is 0 Å². The van der Waals surface area contributed by atoms with E-state index in [4.69, 9.17) is 18.9 Å². The van der Waals surface area contributed by atoms with E-state index in [0.717, 1.165) is 57.8 Å². The molecule has 0 aromatic rings. The summed E-state index contributed by atoms with van der Waals surface area (Å²) in [6.07, 6.45) is 40.5. The van der Waals surface area contributed by atoms with Gasteiger partial charge in [-0.2, -0.15) is 0 Å². The van der Waals surface area contributed by atoms with Crippen molar-refractivity contribution < 1.29 is 43.5 Å². The second kappa shape index (κ2) is 44.1. The van der Waals surface area contributed by atoms with Gasteiger partial charge >= 0.3 is 17.9 Å². The lowest BCUT2D eigenvalue weighted by Crippen LogP contribution is -2.61. The minimum Gasteiger partial charge on any atom is -0.463 e. The average Bonchev–Trinajstić information content (AvgIpc) is 3.27. The molecular weight excluding hydrogens is 793 g/mol. The predicted octanol–water partition coefficient (Wildman–Crippen LogP) is 14.9. The minimum atomic E-state index is -1.65. The highest BCUT2D eigenvalue weighted by Gasteiger charge is 2.49. The number of carbonyl (C=O) groups excluding carboxylic acids is 3. The fourth-order valence-corrected chi connectivity index (χ4v) is 8.84. The molecule has 0 saturated carbocycles. The molecule has 9 nitrogen and oxygen atoms in total. The van der Waals surface area contributed by atoms with Crippen molar-refractivity contribution in [2.24, 2.45) is 0 Å². The Morgan fingerprint density at radius 1 is 0.365 bits per heavy atom. The molecule has 0 spiro atoms. The van der Waals surface area contributed by atoms with Crippen LogP contribution in [0.15, 0.2) is 0 Å². The normalized spacial score (nSPS) is 18.7. The van der Waals surface area contributed by atoms with Gasteiger partial charge in [0, 0.05) is 19.3 Å². The van der Waals surface area contributed by atoms with Crippen molar-refractivity contribution in [1.29, 1.82) is 0 Å². The summed E-state index contributed by atoms with van der Waals surface area (Å²) in [5, 5.41) is 22.4. The molecule has 9 heteroatoms. The standard InChI is InChI=1S/C54H102O9/c1-4-7-10-13-16-19-22-25-28-31-34-37-40-43-48(55)60-46-47-51(58)52(62-49(56)44-41-38-35-32-29-26-23-20-17-14-11-8-5-2)53(54(59)61-47)63-50(57)45-42-39-36-33-30-27-24-21-18-15-12-9-6-3/h47,51-54,58-59H,4-46H2,1-3H3. The van der Waals surface area contributed by atoms with Crippen LogP contribution in [0.4, 0.5) is 0 Å². The number of aliphatic hydroxyl groups excluding tert-OH is 2. The SMILES string of the molecule is CCCCCCCCCCCCCCCC(=O)OCC1OC(O)C(OC(=O)CCCCCCCCCCCCCCC)C(OC(=O)CCCCCCCCCCCCCCC)C1O. The fraction of sp³-hybridized carbons (Fsp3) is 0.944. The van der Waals surface area contributed by atoms with Crippen LogP contribution >= 0.6 is 0 Å². The van der Waals surface area contributed by atoms with Gasteiger partial charge in [0.05, 0.1) is 0 Å². The lowest BCUT2D eigenvalue weighted by molar-refractivity contribution is -0.294. The van der Waals surface area contributed by atoms with Crippen molar-refractivity contribution in [3.8, 4) is 0 Å². The molecule has 0 bridgehead atoms. The minimum absolute atomic E-state index is 0.163. The third-order valence-corrected chi connectivity index (χ3v) is 13.0. The molecule has 63 heavy (non-hydrogen) atoms. The van der Waals surface area contributed by atoms with E-state index >= 15 is 0 Å². The topological polar surface area (TPSA) is 129 Å². The highest BCUT2D eigenvalue weighted by Crippen LogP contribution is 2.27. The molecule has 2 N–H and O–H groups in total. The molecule has 0 aliphatic carbocycles. The third kappa shape index (κ3) is 35.2. The maximum absolute atomic E-state index is 13.1. The van der Waals surface area contributed by atoms with Crippen LogP contribution in [0.3, 0.4) is 0 Å². The maximum Gasteiger partial charge on any atom is 0.306 e. The van der Waals surface area contributed by atoms with Crippen molar-refractivity contribution in [2.45, 2.75) is 321 Å². The molecule has 0 radical (unpaired) electrons. The summed E-state index contributed by atoms with van der Waals surface area (Å²) in [4.78, 5) is 38.7. The largest absolute Gasteiger partial charge is 0.463 e. The number of hydrogen-bond acceptors (Lipinski definition) is 9. The molecule has 372 valence electrons. The van der Waals surface area contributed by atoms with Crippen LogP contribution < -0.4 is 0 Å². The Labute approximate surface area is 388 Å². The van der Waals surface area contributed by atoms with E-state index in [1.165, 1.54) is 180 Å². The Morgan fingerprint density at radius 2 is 0.619 bits per heavy atom. The van der Waals surface area contributed by atoms with Crippen molar-refractivity contribution in [3.05, 3.63) is 0 Å². The first-order valence-electron chi connectivity index (χ1n) is 27.4. The van der Waals surface area contributed by atoms with Crippen LogP contribution in [-0.4, -0.2) is 65.4 Å².